The minimum absolute atomic E-state index is 0.0335. The lowest BCUT2D eigenvalue weighted by Gasteiger charge is -2.21. The zero-order chi connectivity index (χ0) is 19.8. The van der Waals surface area contributed by atoms with Gasteiger partial charge in [0.25, 0.3) is 0 Å². The van der Waals surface area contributed by atoms with Crippen LogP contribution in [0.4, 0.5) is 5.69 Å². The van der Waals surface area contributed by atoms with Crippen molar-refractivity contribution in [2.24, 2.45) is 0 Å². The Balaban J connectivity index is 1.79. The second-order valence-electron chi connectivity index (χ2n) is 7.01. The minimum atomic E-state index is -0.201. The van der Waals surface area contributed by atoms with E-state index in [1.807, 2.05) is 43.1 Å². The number of hydrogen-bond acceptors (Lipinski definition) is 3. The van der Waals surface area contributed by atoms with Gasteiger partial charge >= 0.3 is 0 Å². The summed E-state index contributed by atoms with van der Waals surface area (Å²) in [6.07, 6.45) is 1.02. The van der Waals surface area contributed by atoms with Crippen LogP contribution in [0.2, 0.25) is 0 Å². The highest BCUT2D eigenvalue weighted by molar-refractivity contribution is 5.94. The highest BCUT2D eigenvalue weighted by Crippen LogP contribution is 2.09. The number of rotatable bonds is 8. The van der Waals surface area contributed by atoms with Gasteiger partial charge in [-0.3, -0.25) is 14.5 Å². The van der Waals surface area contributed by atoms with Gasteiger partial charge in [-0.25, -0.2) is 0 Å². The summed E-state index contributed by atoms with van der Waals surface area (Å²) in [6.45, 7) is 5.12. The number of hydrogen-bond donors (Lipinski definition) is 1. The maximum atomic E-state index is 12.4. The Morgan fingerprint density at radius 1 is 0.889 bits per heavy atom. The van der Waals surface area contributed by atoms with Crippen LogP contribution < -0.4 is 5.32 Å². The van der Waals surface area contributed by atoms with E-state index in [0.717, 1.165) is 17.7 Å². The molecular formula is C22H29N3O2. The van der Waals surface area contributed by atoms with Crippen LogP contribution in [0, 0.1) is 6.92 Å². The maximum Gasteiger partial charge on any atom is 0.243 e. The summed E-state index contributed by atoms with van der Waals surface area (Å²) < 4.78 is 0. The fourth-order valence-corrected chi connectivity index (χ4v) is 2.74. The van der Waals surface area contributed by atoms with Gasteiger partial charge in [0.1, 0.15) is 0 Å². The van der Waals surface area contributed by atoms with Crippen LogP contribution in [0.5, 0.6) is 0 Å². The van der Waals surface area contributed by atoms with Gasteiger partial charge < -0.3 is 10.2 Å². The van der Waals surface area contributed by atoms with Crippen molar-refractivity contribution in [2.75, 3.05) is 32.5 Å². The van der Waals surface area contributed by atoms with E-state index in [-0.39, 0.29) is 24.9 Å². The van der Waals surface area contributed by atoms with E-state index in [1.165, 1.54) is 16.0 Å². The van der Waals surface area contributed by atoms with Crippen molar-refractivity contribution >= 4 is 17.5 Å². The number of likely N-dealkylation sites (N-methyl/N-ethyl adjacent to an activating group) is 2. The first-order valence-corrected chi connectivity index (χ1v) is 9.24. The summed E-state index contributed by atoms with van der Waals surface area (Å²) in [5.74, 6) is -0.283. The Labute approximate surface area is 162 Å². The average Bonchev–Trinajstić information content (AvgIpc) is 2.64. The van der Waals surface area contributed by atoms with Crippen LogP contribution in [0.15, 0.2) is 48.5 Å². The molecule has 0 unspecified atom stereocenters. The Kier molecular flexibility index (Phi) is 7.55. The predicted molar refractivity (Wildman–Crippen MR) is 110 cm³/mol. The number of amides is 2. The smallest absolute Gasteiger partial charge is 0.243 e. The molecule has 0 radical (unpaired) electrons. The van der Waals surface area contributed by atoms with Crippen molar-refractivity contribution in [3.8, 4) is 0 Å². The highest BCUT2D eigenvalue weighted by atomic mass is 16.2. The summed E-state index contributed by atoms with van der Waals surface area (Å²) in [4.78, 5) is 27.9. The zero-order valence-corrected chi connectivity index (χ0v) is 16.7. The topological polar surface area (TPSA) is 52.7 Å². The van der Waals surface area contributed by atoms with Gasteiger partial charge in [0.2, 0.25) is 11.8 Å². The summed E-state index contributed by atoms with van der Waals surface area (Å²) in [5.41, 5.74) is 4.34. The quantitative estimate of drug-likeness (QED) is 0.780. The molecule has 0 fully saturated rings. The maximum absolute atomic E-state index is 12.4. The molecule has 0 saturated heterocycles. The fraction of sp³-hybridized carbons (Fsp3) is 0.364. The molecule has 2 aromatic carbocycles. The molecular weight excluding hydrogens is 338 g/mol. The molecule has 0 aromatic heterocycles. The van der Waals surface area contributed by atoms with Gasteiger partial charge in [-0.15, -0.1) is 0 Å². The molecule has 27 heavy (non-hydrogen) atoms. The van der Waals surface area contributed by atoms with E-state index in [4.69, 9.17) is 0 Å². The Hall–Kier alpha value is -2.66. The van der Waals surface area contributed by atoms with E-state index in [0.29, 0.717) is 6.54 Å². The molecule has 5 nitrogen and oxygen atoms in total. The number of nitrogens with one attached hydrogen (secondary N) is 1. The number of carbonyl (C=O) groups excluding carboxylic acids is 2. The first-order valence-electron chi connectivity index (χ1n) is 9.24. The van der Waals surface area contributed by atoms with Crippen molar-refractivity contribution < 1.29 is 9.59 Å². The van der Waals surface area contributed by atoms with Crippen molar-refractivity contribution in [1.82, 2.24) is 9.80 Å². The van der Waals surface area contributed by atoms with E-state index >= 15 is 0 Å². The van der Waals surface area contributed by atoms with E-state index < -0.39 is 0 Å². The molecule has 0 aliphatic heterocycles. The van der Waals surface area contributed by atoms with E-state index in [1.54, 1.807) is 7.05 Å². The van der Waals surface area contributed by atoms with Crippen molar-refractivity contribution in [1.29, 1.82) is 0 Å². The molecule has 1 N–H and O–H groups in total. The largest absolute Gasteiger partial charge is 0.335 e. The lowest BCUT2D eigenvalue weighted by molar-refractivity contribution is -0.134. The number of nitrogens with zero attached hydrogens (tertiary/aromatic N) is 2. The second-order valence-corrected chi connectivity index (χ2v) is 7.01. The molecule has 0 aliphatic carbocycles. The van der Waals surface area contributed by atoms with Crippen LogP contribution in [0.3, 0.4) is 0 Å². The molecule has 0 spiro atoms. The molecule has 0 heterocycles. The zero-order valence-electron chi connectivity index (χ0n) is 16.7. The summed E-state index contributed by atoms with van der Waals surface area (Å²) in [7, 11) is 3.56. The van der Waals surface area contributed by atoms with Crippen molar-refractivity contribution in [3.63, 3.8) is 0 Å². The first-order chi connectivity index (χ1) is 12.9. The van der Waals surface area contributed by atoms with Crippen LogP contribution in [0.25, 0.3) is 0 Å². The molecule has 0 aliphatic rings. The molecule has 5 heteroatoms. The lowest BCUT2D eigenvalue weighted by Crippen LogP contribution is -2.40. The molecule has 0 atom stereocenters. The minimum Gasteiger partial charge on any atom is -0.335 e. The monoisotopic (exact) mass is 367 g/mol. The Bertz CT molecular complexity index is 754. The number of carbonyl (C=O) groups is 2. The molecule has 2 amide bonds. The summed E-state index contributed by atoms with van der Waals surface area (Å²) in [6, 6.07) is 16.0. The molecule has 0 bridgehead atoms. The first kappa shape index (κ1) is 20.6. The third-order valence-electron chi connectivity index (χ3n) is 4.43. The van der Waals surface area contributed by atoms with Gasteiger partial charge in [-0.1, -0.05) is 48.9 Å². The molecule has 2 aromatic rings. The third-order valence-corrected chi connectivity index (χ3v) is 4.43. The fourth-order valence-electron chi connectivity index (χ4n) is 2.74. The summed E-state index contributed by atoms with van der Waals surface area (Å²) in [5, 5.41) is 2.81. The van der Waals surface area contributed by atoms with Gasteiger partial charge in [-0.2, -0.15) is 0 Å². The van der Waals surface area contributed by atoms with Gasteiger partial charge in [0, 0.05) is 19.3 Å². The predicted octanol–water partition coefficient (Wildman–Crippen LogP) is 3.09. The Morgan fingerprint density at radius 2 is 1.48 bits per heavy atom. The van der Waals surface area contributed by atoms with Crippen LogP contribution in [0.1, 0.15) is 23.6 Å². The standard InChI is InChI=1S/C22H29N3O2/c1-5-18-8-10-19(11-9-18)14-24(3)16-22(27)25(4)15-21(26)23-20-12-6-17(2)7-13-20/h6-13H,5,14-16H2,1-4H3,(H,23,26). The average molecular weight is 367 g/mol. The van der Waals surface area contributed by atoms with Gasteiger partial charge in [-0.05, 0) is 43.7 Å². The third kappa shape index (κ3) is 6.87. The van der Waals surface area contributed by atoms with Crippen LogP contribution >= 0.6 is 0 Å². The number of aryl methyl sites for hydroxylation is 2. The lowest BCUT2D eigenvalue weighted by atomic mass is 10.1. The van der Waals surface area contributed by atoms with Crippen LogP contribution in [-0.4, -0.2) is 48.8 Å². The number of anilines is 1. The normalized spacial score (nSPS) is 10.7. The summed E-state index contributed by atoms with van der Waals surface area (Å²) >= 11 is 0. The van der Waals surface area contributed by atoms with E-state index in [9.17, 15) is 9.59 Å². The van der Waals surface area contributed by atoms with Gasteiger partial charge in [0.05, 0.1) is 13.1 Å². The molecule has 2 rings (SSSR count). The molecule has 0 saturated carbocycles. The second kappa shape index (κ2) is 9.88. The Morgan fingerprint density at radius 3 is 2.07 bits per heavy atom. The highest BCUT2D eigenvalue weighted by Gasteiger charge is 2.15. The van der Waals surface area contributed by atoms with Gasteiger partial charge in [0.15, 0.2) is 0 Å². The molecule has 144 valence electrons. The van der Waals surface area contributed by atoms with E-state index in [2.05, 4.69) is 36.5 Å². The van der Waals surface area contributed by atoms with Crippen LogP contribution in [-0.2, 0) is 22.6 Å². The SMILES string of the molecule is CCc1ccc(CN(C)CC(=O)N(C)CC(=O)Nc2ccc(C)cc2)cc1. The van der Waals surface area contributed by atoms with Crippen molar-refractivity contribution in [2.45, 2.75) is 26.8 Å². The number of benzene rings is 2. The van der Waals surface area contributed by atoms with Crippen molar-refractivity contribution in [3.05, 3.63) is 65.2 Å².